The number of nitrogens with zero attached hydrogens (tertiary/aromatic N) is 3. The summed E-state index contributed by atoms with van der Waals surface area (Å²) >= 11 is 0. The van der Waals surface area contributed by atoms with Crippen molar-refractivity contribution < 1.29 is 19.0 Å². The van der Waals surface area contributed by atoms with Gasteiger partial charge in [0.25, 0.3) is 0 Å². The summed E-state index contributed by atoms with van der Waals surface area (Å²) in [5.41, 5.74) is 2.76. The number of pyridine rings is 1. The number of rotatable bonds is 6. The minimum absolute atomic E-state index is 0.0388. The SMILES string of the molecule is CC(C)(C)OC(=O)Nc1cccc(COc2ccc(-c3ccnn3C3CCCCO3)nc2)c1. The van der Waals surface area contributed by atoms with E-state index in [9.17, 15) is 4.79 Å². The molecule has 1 amide bonds. The highest BCUT2D eigenvalue weighted by molar-refractivity contribution is 5.84. The summed E-state index contributed by atoms with van der Waals surface area (Å²) in [6.07, 6.45) is 6.14. The fourth-order valence-electron chi connectivity index (χ4n) is 3.61. The second-order valence-corrected chi connectivity index (χ2v) is 8.98. The second-order valence-electron chi connectivity index (χ2n) is 8.98. The minimum Gasteiger partial charge on any atom is -0.487 e. The molecule has 3 heterocycles. The lowest BCUT2D eigenvalue weighted by atomic mass is 10.2. The van der Waals surface area contributed by atoms with Gasteiger partial charge in [0.2, 0.25) is 0 Å². The van der Waals surface area contributed by atoms with Crippen molar-refractivity contribution in [1.29, 1.82) is 0 Å². The van der Waals surface area contributed by atoms with Crippen LogP contribution in [0.3, 0.4) is 0 Å². The molecule has 2 aromatic heterocycles. The number of nitrogens with one attached hydrogen (secondary N) is 1. The van der Waals surface area contributed by atoms with Crippen LogP contribution in [0.4, 0.5) is 10.5 Å². The average Bonchev–Trinajstić information content (AvgIpc) is 3.28. The fraction of sp³-hybridized carbons (Fsp3) is 0.400. The van der Waals surface area contributed by atoms with Crippen molar-refractivity contribution in [2.75, 3.05) is 11.9 Å². The van der Waals surface area contributed by atoms with E-state index in [2.05, 4.69) is 15.4 Å². The molecule has 1 unspecified atom stereocenters. The van der Waals surface area contributed by atoms with Gasteiger partial charge >= 0.3 is 6.09 Å². The highest BCUT2D eigenvalue weighted by atomic mass is 16.6. The van der Waals surface area contributed by atoms with Crippen molar-refractivity contribution in [1.82, 2.24) is 14.8 Å². The van der Waals surface area contributed by atoms with Crippen molar-refractivity contribution in [3.8, 4) is 17.1 Å². The van der Waals surface area contributed by atoms with Crippen LogP contribution in [0.1, 0.15) is 51.8 Å². The molecule has 0 saturated carbocycles. The summed E-state index contributed by atoms with van der Waals surface area (Å²) in [7, 11) is 0. The van der Waals surface area contributed by atoms with Crippen LogP contribution in [-0.2, 0) is 16.1 Å². The Morgan fingerprint density at radius 2 is 2.09 bits per heavy atom. The molecular weight excluding hydrogens is 420 g/mol. The van der Waals surface area contributed by atoms with Crippen molar-refractivity contribution >= 4 is 11.8 Å². The molecule has 174 valence electrons. The lowest BCUT2D eigenvalue weighted by Crippen LogP contribution is -2.27. The predicted molar refractivity (Wildman–Crippen MR) is 125 cm³/mol. The van der Waals surface area contributed by atoms with E-state index in [0.29, 0.717) is 18.0 Å². The molecule has 8 nitrogen and oxygen atoms in total. The zero-order valence-corrected chi connectivity index (χ0v) is 19.3. The lowest BCUT2D eigenvalue weighted by Gasteiger charge is -2.24. The first-order valence-corrected chi connectivity index (χ1v) is 11.2. The van der Waals surface area contributed by atoms with Gasteiger partial charge in [0.1, 0.15) is 18.0 Å². The van der Waals surface area contributed by atoms with Crippen molar-refractivity contribution in [2.45, 2.75) is 58.5 Å². The van der Waals surface area contributed by atoms with Crippen LogP contribution in [0, 0.1) is 0 Å². The third kappa shape index (κ3) is 6.32. The first kappa shape index (κ1) is 22.8. The number of carbonyl (C=O) groups excluding carboxylic acids is 1. The third-order valence-corrected chi connectivity index (χ3v) is 5.08. The van der Waals surface area contributed by atoms with Crippen molar-refractivity contribution in [3.05, 3.63) is 60.4 Å². The molecule has 8 heteroatoms. The van der Waals surface area contributed by atoms with Crippen LogP contribution in [0.15, 0.2) is 54.9 Å². The van der Waals surface area contributed by atoms with E-state index in [0.717, 1.165) is 42.8 Å². The molecule has 1 fully saturated rings. The summed E-state index contributed by atoms with van der Waals surface area (Å²) in [4.78, 5) is 16.6. The molecular formula is C25H30N4O4. The van der Waals surface area contributed by atoms with Gasteiger partial charge in [-0.3, -0.25) is 10.3 Å². The number of aromatic nitrogens is 3. The summed E-state index contributed by atoms with van der Waals surface area (Å²) in [6, 6.07) is 13.2. The maximum absolute atomic E-state index is 12.0. The molecule has 3 aromatic rings. The Morgan fingerprint density at radius 3 is 2.82 bits per heavy atom. The quantitative estimate of drug-likeness (QED) is 0.528. The molecule has 1 saturated heterocycles. The highest BCUT2D eigenvalue weighted by Gasteiger charge is 2.20. The molecule has 4 rings (SSSR count). The fourth-order valence-corrected chi connectivity index (χ4v) is 3.61. The molecule has 0 aliphatic carbocycles. The number of ether oxygens (including phenoxy) is 3. The number of amides is 1. The number of hydrogen-bond donors (Lipinski definition) is 1. The van der Waals surface area contributed by atoms with E-state index in [-0.39, 0.29) is 6.23 Å². The maximum atomic E-state index is 12.0. The van der Waals surface area contributed by atoms with Crippen LogP contribution in [0.5, 0.6) is 5.75 Å². The number of hydrogen-bond acceptors (Lipinski definition) is 6. The van der Waals surface area contributed by atoms with E-state index < -0.39 is 11.7 Å². The summed E-state index contributed by atoms with van der Waals surface area (Å²) in [5, 5.41) is 7.19. The first-order chi connectivity index (χ1) is 15.9. The molecule has 0 radical (unpaired) electrons. The average molecular weight is 451 g/mol. The molecule has 1 aliphatic heterocycles. The predicted octanol–water partition coefficient (Wildman–Crippen LogP) is 5.57. The first-order valence-electron chi connectivity index (χ1n) is 11.2. The van der Waals surface area contributed by atoms with Gasteiger partial charge < -0.3 is 14.2 Å². The van der Waals surface area contributed by atoms with Crippen LogP contribution >= 0.6 is 0 Å². The van der Waals surface area contributed by atoms with Crippen molar-refractivity contribution in [3.63, 3.8) is 0 Å². The summed E-state index contributed by atoms with van der Waals surface area (Å²) in [6.45, 7) is 6.59. The van der Waals surface area contributed by atoms with Gasteiger partial charge in [-0.05, 0) is 75.9 Å². The van der Waals surface area contributed by atoms with E-state index in [1.165, 1.54) is 0 Å². The van der Waals surface area contributed by atoms with Crippen LogP contribution in [-0.4, -0.2) is 33.1 Å². The minimum atomic E-state index is -0.551. The van der Waals surface area contributed by atoms with Gasteiger partial charge in [0, 0.05) is 18.5 Å². The Bertz CT molecular complexity index is 1070. The zero-order chi connectivity index (χ0) is 23.3. The molecule has 1 atom stereocenters. The smallest absolute Gasteiger partial charge is 0.412 e. The van der Waals surface area contributed by atoms with E-state index >= 15 is 0 Å². The van der Waals surface area contributed by atoms with Gasteiger partial charge in [-0.25, -0.2) is 9.48 Å². The van der Waals surface area contributed by atoms with Gasteiger partial charge in [-0.15, -0.1) is 0 Å². The van der Waals surface area contributed by atoms with E-state index in [4.69, 9.17) is 14.2 Å². The standard InChI is InChI=1S/C25H30N4O4/c1-25(2,3)33-24(30)28-19-8-6-7-18(15-19)17-32-20-10-11-21(26-16-20)22-12-13-27-29(22)23-9-4-5-14-31-23/h6-8,10-13,15-16,23H,4-5,9,14,17H2,1-3H3,(H,28,30). The maximum Gasteiger partial charge on any atom is 0.412 e. The summed E-state index contributed by atoms with van der Waals surface area (Å²) in [5.74, 6) is 0.657. The normalized spacial score (nSPS) is 16.3. The highest BCUT2D eigenvalue weighted by Crippen LogP contribution is 2.28. The Kier molecular flexibility index (Phi) is 6.93. The van der Waals surface area contributed by atoms with E-state index in [1.54, 1.807) is 12.4 Å². The largest absolute Gasteiger partial charge is 0.487 e. The van der Waals surface area contributed by atoms with Crippen LogP contribution < -0.4 is 10.1 Å². The van der Waals surface area contributed by atoms with Crippen LogP contribution in [0.25, 0.3) is 11.4 Å². The number of benzene rings is 1. The van der Waals surface area contributed by atoms with E-state index in [1.807, 2.05) is 67.9 Å². The molecule has 1 aromatic carbocycles. The molecule has 1 aliphatic rings. The summed E-state index contributed by atoms with van der Waals surface area (Å²) < 4.78 is 19.0. The van der Waals surface area contributed by atoms with Gasteiger partial charge in [0.05, 0.1) is 17.6 Å². The third-order valence-electron chi connectivity index (χ3n) is 5.08. The monoisotopic (exact) mass is 450 g/mol. The molecule has 33 heavy (non-hydrogen) atoms. The number of anilines is 1. The molecule has 0 spiro atoms. The van der Waals surface area contributed by atoms with Gasteiger partial charge in [-0.1, -0.05) is 12.1 Å². The Labute approximate surface area is 193 Å². The van der Waals surface area contributed by atoms with Gasteiger partial charge in [-0.2, -0.15) is 5.10 Å². The van der Waals surface area contributed by atoms with Gasteiger partial charge in [0.15, 0.2) is 6.23 Å². The lowest BCUT2D eigenvalue weighted by molar-refractivity contribution is -0.0384. The Hall–Kier alpha value is -3.39. The molecule has 1 N–H and O–H groups in total. The van der Waals surface area contributed by atoms with Crippen LogP contribution in [0.2, 0.25) is 0 Å². The van der Waals surface area contributed by atoms with Crippen molar-refractivity contribution in [2.24, 2.45) is 0 Å². The topological polar surface area (TPSA) is 87.5 Å². The molecule has 0 bridgehead atoms. The number of carbonyl (C=O) groups is 1. The zero-order valence-electron chi connectivity index (χ0n) is 19.3. The second kappa shape index (κ2) is 10.0. The Balaban J connectivity index is 1.36. The Morgan fingerprint density at radius 1 is 1.21 bits per heavy atom.